The van der Waals surface area contributed by atoms with Gasteiger partial charge in [-0.15, -0.1) is 0 Å². The monoisotopic (exact) mass is 230 g/mol. The number of nitrogens with zero attached hydrogens (tertiary/aromatic N) is 9. The van der Waals surface area contributed by atoms with Gasteiger partial charge in [0.05, 0.1) is 0 Å². The number of nitrogens with two attached hydrogens (primary N) is 1. The first-order valence-corrected chi connectivity index (χ1v) is 4.54. The van der Waals surface area contributed by atoms with Crippen molar-refractivity contribution in [2.45, 2.75) is 0 Å². The summed E-state index contributed by atoms with van der Waals surface area (Å²) in [6.45, 7) is 0. The van der Waals surface area contributed by atoms with Gasteiger partial charge in [0, 0.05) is 0 Å². The van der Waals surface area contributed by atoms with Gasteiger partial charge in [0.15, 0.2) is 0 Å². The Bertz CT molecular complexity index is 560. The molecule has 0 saturated carbocycles. The fourth-order valence-corrected chi connectivity index (χ4v) is 1.20. The largest absolute Gasteiger partial charge is 0.368 e. The lowest BCUT2D eigenvalue weighted by Gasteiger charge is -2.02. The highest BCUT2D eigenvalue weighted by Gasteiger charge is 2.08. The summed E-state index contributed by atoms with van der Waals surface area (Å²) in [4.78, 5) is 19.6. The number of hydrogen-bond acceptors (Lipinski definition) is 8. The van der Waals surface area contributed by atoms with Gasteiger partial charge in [0.2, 0.25) is 5.95 Å². The lowest BCUT2D eigenvalue weighted by Crippen LogP contribution is -2.11. The Kier molecular flexibility index (Phi) is 1.97. The van der Waals surface area contributed by atoms with E-state index in [4.69, 9.17) is 5.73 Å². The summed E-state index contributed by atoms with van der Waals surface area (Å²) in [7, 11) is 0. The molecule has 0 aliphatic rings. The summed E-state index contributed by atoms with van der Waals surface area (Å²) < 4.78 is 2.75. The SMILES string of the molecule is Nc1nc(-n2cncn2)nc(-n2cncn2)n1. The predicted molar refractivity (Wildman–Crippen MR) is 54.1 cm³/mol. The molecule has 0 spiro atoms. The molecule has 17 heavy (non-hydrogen) atoms. The molecule has 0 amide bonds. The molecular formula is C7H6N10. The van der Waals surface area contributed by atoms with Crippen molar-refractivity contribution in [3.63, 3.8) is 0 Å². The average molecular weight is 230 g/mol. The third-order valence-electron chi connectivity index (χ3n) is 1.88. The minimum Gasteiger partial charge on any atom is -0.368 e. The Balaban J connectivity index is 2.13. The molecule has 0 radical (unpaired) electrons. The molecule has 10 nitrogen and oxygen atoms in total. The van der Waals surface area contributed by atoms with Crippen LogP contribution in [0.1, 0.15) is 0 Å². The number of hydrogen-bond donors (Lipinski definition) is 1. The maximum Gasteiger partial charge on any atom is 0.258 e. The van der Waals surface area contributed by atoms with Crippen LogP contribution in [0.4, 0.5) is 5.95 Å². The predicted octanol–water partition coefficient (Wildman–Crippen LogP) is -1.38. The van der Waals surface area contributed by atoms with Gasteiger partial charge in [0.1, 0.15) is 25.3 Å². The van der Waals surface area contributed by atoms with Crippen LogP contribution in [-0.2, 0) is 0 Å². The van der Waals surface area contributed by atoms with Crippen molar-refractivity contribution in [3.8, 4) is 11.9 Å². The van der Waals surface area contributed by atoms with Gasteiger partial charge < -0.3 is 5.73 Å². The zero-order valence-corrected chi connectivity index (χ0v) is 8.41. The molecular weight excluding hydrogens is 224 g/mol. The van der Waals surface area contributed by atoms with Gasteiger partial charge in [-0.2, -0.15) is 34.5 Å². The van der Waals surface area contributed by atoms with Crippen molar-refractivity contribution in [2.75, 3.05) is 5.73 Å². The Morgan fingerprint density at radius 3 is 1.76 bits per heavy atom. The maximum absolute atomic E-state index is 5.59. The topological polar surface area (TPSA) is 126 Å². The Hall–Kier alpha value is -2.91. The van der Waals surface area contributed by atoms with Crippen LogP contribution in [0.25, 0.3) is 11.9 Å². The molecule has 0 bridgehead atoms. The fourth-order valence-electron chi connectivity index (χ4n) is 1.20. The lowest BCUT2D eigenvalue weighted by atomic mass is 10.8. The first-order chi connectivity index (χ1) is 8.33. The van der Waals surface area contributed by atoms with Crippen molar-refractivity contribution < 1.29 is 0 Å². The number of nitrogen functional groups attached to an aromatic ring is 1. The molecule has 3 heterocycles. The summed E-state index contributed by atoms with van der Waals surface area (Å²) in [6.07, 6.45) is 5.66. The van der Waals surface area contributed by atoms with Gasteiger partial charge in [0.25, 0.3) is 11.9 Å². The summed E-state index contributed by atoms with van der Waals surface area (Å²) in [5, 5.41) is 7.80. The number of anilines is 1. The molecule has 2 N–H and O–H groups in total. The van der Waals surface area contributed by atoms with E-state index in [0.29, 0.717) is 0 Å². The third kappa shape index (κ3) is 1.67. The van der Waals surface area contributed by atoms with Crippen LogP contribution in [0.15, 0.2) is 25.3 Å². The lowest BCUT2D eigenvalue weighted by molar-refractivity contribution is 0.747. The number of rotatable bonds is 2. The van der Waals surface area contributed by atoms with Gasteiger partial charge in [-0.3, -0.25) is 0 Å². The van der Waals surface area contributed by atoms with E-state index in [2.05, 4.69) is 35.1 Å². The zero-order chi connectivity index (χ0) is 11.7. The molecule has 10 heteroatoms. The van der Waals surface area contributed by atoms with E-state index in [1.165, 1.54) is 34.7 Å². The molecule has 0 aliphatic heterocycles. The quantitative estimate of drug-likeness (QED) is 0.570. The Morgan fingerprint density at radius 1 is 0.824 bits per heavy atom. The highest BCUT2D eigenvalue weighted by molar-refractivity contribution is 5.26. The maximum atomic E-state index is 5.59. The van der Waals surface area contributed by atoms with E-state index < -0.39 is 0 Å². The van der Waals surface area contributed by atoms with Crippen molar-refractivity contribution in [2.24, 2.45) is 0 Å². The van der Waals surface area contributed by atoms with E-state index in [1.54, 1.807) is 0 Å². The molecule has 3 aromatic rings. The van der Waals surface area contributed by atoms with Gasteiger partial charge in [-0.05, 0) is 0 Å². The standard InChI is InChI=1S/C7H6N10/c8-5-13-6(16-3-9-1-11-16)15-7(14-5)17-4-10-2-12-17/h1-4H,(H2,8,13,14,15). The summed E-state index contributed by atoms with van der Waals surface area (Å²) in [5.41, 5.74) is 5.59. The molecule has 0 saturated heterocycles. The molecule has 0 atom stereocenters. The molecule has 0 fully saturated rings. The smallest absolute Gasteiger partial charge is 0.258 e. The van der Waals surface area contributed by atoms with E-state index in [1.807, 2.05) is 0 Å². The normalized spacial score (nSPS) is 10.6. The fraction of sp³-hybridized carbons (Fsp3) is 0. The van der Waals surface area contributed by atoms with E-state index in [9.17, 15) is 0 Å². The highest BCUT2D eigenvalue weighted by atomic mass is 15.4. The summed E-state index contributed by atoms with van der Waals surface area (Å²) in [5.74, 6) is 0.594. The van der Waals surface area contributed by atoms with Gasteiger partial charge in [-0.25, -0.2) is 9.97 Å². The van der Waals surface area contributed by atoms with Crippen LogP contribution in [0.5, 0.6) is 0 Å². The molecule has 0 aromatic carbocycles. The van der Waals surface area contributed by atoms with Crippen LogP contribution in [0, 0.1) is 0 Å². The molecule has 3 aromatic heterocycles. The second-order valence-corrected chi connectivity index (χ2v) is 2.97. The van der Waals surface area contributed by atoms with Crippen LogP contribution in [-0.4, -0.2) is 44.5 Å². The Labute approximate surface area is 94.2 Å². The second kappa shape index (κ2) is 3.59. The summed E-state index contributed by atoms with van der Waals surface area (Å²) >= 11 is 0. The second-order valence-electron chi connectivity index (χ2n) is 2.97. The number of aromatic nitrogens is 9. The molecule has 84 valence electrons. The molecule has 0 unspecified atom stereocenters. The van der Waals surface area contributed by atoms with Crippen LogP contribution >= 0.6 is 0 Å². The van der Waals surface area contributed by atoms with Crippen molar-refractivity contribution in [1.29, 1.82) is 0 Å². The van der Waals surface area contributed by atoms with Crippen LogP contribution in [0.3, 0.4) is 0 Å². The minimum absolute atomic E-state index is 0.0657. The van der Waals surface area contributed by atoms with E-state index in [-0.39, 0.29) is 17.8 Å². The van der Waals surface area contributed by atoms with Gasteiger partial charge in [-0.1, -0.05) is 0 Å². The van der Waals surface area contributed by atoms with Crippen LogP contribution < -0.4 is 5.73 Å². The first-order valence-electron chi connectivity index (χ1n) is 4.54. The van der Waals surface area contributed by atoms with E-state index >= 15 is 0 Å². The highest BCUT2D eigenvalue weighted by Crippen LogP contribution is 2.04. The van der Waals surface area contributed by atoms with Crippen LogP contribution in [0.2, 0.25) is 0 Å². The van der Waals surface area contributed by atoms with Crippen molar-refractivity contribution in [1.82, 2.24) is 44.5 Å². The minimum atomic E-state index is 0.0657. The average Bonchev–Trinajstić information content (AvgIpc) is 3.02. The van der Waals surface area contributed by atoms with Crippen molar-refractivity contribution in [3.05, 3.63) is 25.3 Å². The third-order valence-corrected chi connectivity index (χ3v) is 1.88. The Morgan fingerprint density at radius 2 is 1.35 bits per heavy atom. The molecule has 0 aliphatic carbocycles. The summed E-state index contributed by atoms with van der Waals surface area (Å²) in [6, 6.07) is 0. The molecule has 3 rings (SSSR count). The first kappa shape index (κ1) is 9.33. The van der Waals surface area contributed by atoms with Gasteiger partial charge >= 0.3 is 0 Å². The zero-order valence-electron chi connectivity index (χ0n) is 8.41. The van der Waals surface area contributed by atoms with Crippen molar-refractivity contribution >= 4 is 5.95 Å². The van der Waals surface area contributed by atoms with E-state index in [0.717, 1.165) is 0 Å².